The van der Waals surface area contributed by atoms with Gasteiger partial charge < -0.3 is 19.8 Å². The number of aromatic nitrogens is 5. The number of aromatic amines is 1. The largest absolute Gasteiger partial charge is 0.365 e. The molecule has 1 unspecified atom stereocenters. The Hall–Kier alpha value is -2.81. The molecule has 0 bridgehead atoms. The average Bonchev–Trinajstić information content (AvgIpc) is 3.28. The van der Waals surface area contributed by atoms with E-state index in [1.54, 1.807) is 29.1 Å². The molecule has 0 amide bonds. The summed E-state index contributed by atoms with van der Waals surface area (Å²) in [7, 11) is 0. The van der Waals surface area contributed by atoms with Crippen LogP contribution < -0.4 is 0 Å². The van der Waals surface area contributed by atoms with Gasteiger partial charge >= 0.3 is 0 Å². The van der Waals surface area contributed by atoms with Gasteiger partial charge in [0, 0.05) is 41.3 Å². The Kier molecular flexibility index (Phi) is 4.34. The number of rotatable bonds is 3. The second-order valence-corrected chi connectivity index (χ2v) is 7.53. The van der Waals surface area contributed by atoms with Crippen LogP contribution in [0.5, 0.6) is 0 Å². The van der Waals surface area contributed by atoms with E-state index in [-0.39, 0.29) is 11.4 Å². The predicted octanol–water partition coefficient (Wildman–Crippen LogP) is 3.73. The lowest BCUT2D eigenvalue weighted by Crippen LogP contribution is -2.23. The quantitative estimate of drug-likeness (QED) is 0.351. The van der Waals surface area contributed by atoms with E-state index >= 15 is 0 Å². The monoisotopic (exact) mass is 413 g/mol. The lowest BCUT2D eigenvalue weighted by Gasteiger charge is -2.27. The van der Waals surface area contributed by atoms with Crippen LogP contribution >= 0.6 is 11.6 Å². The molecule has 5 rings (SSSR count). The number of aliphatic hydroxyl groups is 2. The summed E-state index contributed by atoms with van der Waals surface area (Å²) in [6, 6.07) is 1.39. The van der Waals surface area contributed by atoms with E-state index in [4.69, 9.17) is 11.6 Å². The van der Waals surface area contributed by atoms with Crippen LogP contribution in [0.1, 0.15) is 25.3 Å². The summed E-state index contributed by atoms with van der Waals surface area (Å²) in [5.74, 6) is -0.0504. The molecule has 0 radical (unpaired) electrons. The van der Waals surface area contributed by atoms with Gasteiger partial charge in [0.15, 0.2) is 17.9 Å². The number of allylic oxidation sites excluding steroid dienone is 1. The normalized spacial score (nSPS) is 17.4. The number of nitrogens with zero attached hydrogens (tertiary/aromatic N) is 4. The molecule has 1 atom stereocenters. The number of fused-ring (bicyclic) bond motifs is 2. The second kappa shape index (κ2) is 6.91. The Morgan fingerprint density at radius 1 is 1.24 bits per heavy atom. The molecule has 4 heterocycles. The fourth-order valence-corrected chi connectivity index (χ4v) is 4.14. The molecule has 0 aliphatic heterocycles. The summed E-state index contributed by atoms with van der Waals surface area (Å²) >= 11 is 6.08. The maximum Gasteiger partial charge on any atom is 0.176 e. The molecule has 9 heteroatoms. The SMILES string of the molecule is OC(O)C1=CCCCC1n1cc(F)c2cnc(-c3c[nH]c4ncc(Cl)cc34)nc21. The highest BCUT2D eigenvalue weighted by Gasteiger charge is 2.27. The molecule has 1 aliphatic carbocycles. The first-order chi connectivity index (χ1) is 14.0. The van der Waals surface area contributed by atoms with Crippen LogP contribution in [-0.4, -0.2) is 41.0 Å². The van der Waals surface area contributed by atoms with Crippen LogP contribution in [0.4, 0.5) is 4.39 Å². The summed E-state index contributed by atoms with van der Waals surface area (Å²) in [6.07, 6.45) is 8.58. The molecule has 0 spiro atoms. The number of H-pyrrole nitrogens is 1. The molecule has 29 heavy (non-hydrogen) atoms. The van der Waals surface area contributed by atoms with Crippen LogP contribution in [0.3, 0.4) is 0 Å². The zero-order valence-corrected chi connectivity index (χ0v) is 15.9. The minimum atomic E-state index is -1.59. The van der Waals surface area contributed by atoms with Gasteiger partial charge in [-0.1, -0.05) is 17.7 Å². The zero-order chi connectivity index (χ0) is 20.1. The third-order valence-electron chi connectivity index (χ3n) is 5.34. The van der Waals surface area contributed by atoms with Crippen LogP contribution in [0.15, 0.2) is 42.5 Å². The summed E-state index contributed by atoms with van der Waals surface area (Å²) in [6.45, 7) is 0. The summed E-state index contributed by atoms with van der Waals surface area (Å²) < 4.78 is 16.3. The van der Waals surface area contributed by atoms with E-state index in [1.807, 2.05) is 0 Å². The summed E-state index contributed by atoms with van der Waals surface area (Å²) in [5.41, 5.74) is 2.20. The molecule has 7 nitrogen and oxygen atoms in total. The standard InChI is InChI=1S/C20H17ClFN5O2/c21-10-5-12-13(7-24-17(12)23-6-10)18-25-8-14-15(22)9-27(19(14)26-18)16-4-2-1-3-11(16)20(28)29/h3,5-9,16,20,28-29H,1-2,4H2,(H,23,24). The highest BCUT2D eigenvalue weighted by atomic mass is 35.5. The van der Waals surface area contributed by atoms with E-state index < -0.39 is 12.1 Å². The van der Waals surface area contributed by atoms with E-state index in [2.05, 4.69) is 19.9 Å². The van der Waals surface area contributed by atoms with Crippen molar-refractivity contribution in [3.05, 3.63) is 53.3 Å². The molecular formula is C20H17ClFN5O2. The van der Waals surface area contributed by atoms with Crippen molar-refractivity contribution in [2.75, 3.05) is 0 Å². The van der Waals surface area contributed by atoms with Crippen molar-refractivity contribution in [2.24, 2.45) is 0 Å². The van der Waals surface area contributed by atoms with Crippen molar-refractivity contribution in [3.8, 4) is 11.4 Å². The van der Waals surface area contributed by atoms with E-state index in [0.717, 1.165) is 18.2 Å². The lowest BCUT2D eigenvalue weighted by molar-refractivity contribution is -0.0162. The molecule has 4 aromatic heterocycles. The van der Waals surface area contributed by atoms with Crippen LogP contribution in [0, 0.1) is 5.82 Å². The molecule has 0 aromatic carbocycles. The molecule has 0 fully saturated rings. The van der Waals surface area contributed by atoms with Gasteiger partial charge in [0.2, 0.25) is 0 Å². The third-order valence-corrected chi connectivity index (χ3v) is 5.55. The number of pyridine rings is 1. The van der Waals surface area contributed by atoms with Gasteiger partial charge in [-0.15, -0.1) is 0 Å². The van der Waals surface area contributed by atoms with Gasteiger partial charge in [0.05, 0.1) is 16.5 Å². The first-order valence-corrected chi connectivity index (χ1v) is 9.63. The Morgan fingerprint density at radius 3 is 2.93 bits per heavy atom. The maximum absolute atomic E-state index is 14.6. The Morgan fingerprint density at radius 2 is 2.10 bits per heavy atom. The second-order valence-electron chi connectivity index (χ2n) is 7.09. The average molecular weight is 414 g/mol. The van der Waals surface area contributed by atoms with Gasteiger partial charge in [0.1, 0.15) is 11.3 Å². The molecule has 4 aromatic rings. The number of hydrogen-bond acceptors (Lipinski definition) is 5. The van der Waals surface area contributed by atoms with Crippen LogP contribution in [-0.2, 0) is 0 Å². The Labute approximate surface area is 169 Å². The zero-order valence-electron chi connectivity index (χ0n) is 15.2. The molecular weight excluding hydrogens is 397 g/mol. The Bertz CT molecular complexity index is 1260. The fourth-order valence-electron chi connectivity index (χ4n) is 3.98. The number of hydrogen-bond donors (Lipinski definition) is 3. The van der Waals surface area contributed by atoms with Crippen LogP contribution in [0.25, 0.3) is 33.5 Å². The first kappa shape index (κ1) is 18.2. The predicted molar refractivity (Wildman–Crippen MR) is 107 cm³/mol. The molecule has 0 saturated heterocycles. The topological polar surface area (TPSA) is 99.8 Å². The van der Waals surface area contributed by atoms with E-state index in [9.17, 15) is 14.6 Å². The van der Waals surface area contributed by atoms with Crippen molar-refractivity contribution >= 4 is 33.7 Å². The number of aliphatic hydroxyl groups excluding tert-OH is 1. The first-order valence-electron chi connectivity index (χ1n) is 9.25. The van der Waals surface area contributed by atoms with Gasteiger partial charge in [-0.05, 0) is 25.3 Å². The van der Waals surface area contributed by atoms with Crippen LogP contribution in [0.2, 0.25) is 5.02 Å². The van der Waals surface area contributed by atoms with E-state index in [1.165, 1.54) is 12.4 Å². The maximum atomic E-state index is 14.6. The van der Waals surface area contributed by atoms with Crippen molar-refractivity contribution in [3.63, 3.8) is 0 Å². The molecule has 148 valence electrons. The van der Waals surface area contributed by atoms with Crippen molar-refractivity contribution < 1.29 is 14.6 Å². The number of halogens is 2. The minimum Gasteiger partial charge on any atom is -0.365 e. The van der Waals surface area contributed by atoms with Crippen molar-refractivity contribution in [1.29, 1.82) is 0 Å². The molecule has 1 aliphatic rings. The van der Waals surface area contributed by atoms with Crippen molar-refractivity contribution in [1.82, 2.24) is 24.5 Å². The number of nitrogens with one attached hydrogen (secondary N) is 1. The fraction of sp³-hybridized carbons (Fsp3) is 0.250. The lowest BCUT2D eigenvalue weighted by atomic mass is 9.93. The van der Waals surface area contributed by atoms with E-state index in [0.29, 0.717) is 39.7 Å². The molecule has 3 N–H and O–H groups in total. The third kappa shape index (κ3) is 3.00. The van der Waals surface area contributed by atoms with Gasteiger partial charge in [-0.3, -0.25) is 0 Å². The van der Waals surface area contributed by atoms with Crippen molar-refractivity contribution in [2.45, 2.75) is 31.6 Å². The summed E-state index contributed by atoms with van der Waals surface area (Å²) in [4.78, 5) is 16.3. The van der Waals surface area contributed by atoms with Gasteiger partial charge in [0.25, 0.3) is 0 Å². The highest BCUT2D eigenvalue weighted by molar-refractivity contribution is 6.31. The molecule has 0 saturated carbocycles. The minimum absolute atomic E-state index is 0.280. The smallest absolute Gasteiger partial charge is 0.176 e. The summed E-state index contributed by atoms with van der Waals surface area (Å²) in [5, 5.41) is 21.1. The Balaban J connectivity index is 1.69. The van der Waals surface area contributed by atoms with Gasteiger partial charge in [-0.2, -0.15) is 0 Å². The van der Waals surface area contributed by atoms with Gasteiger partial charge in [-0.25, -0.2) is 19.3 Å². The highest BCUT2D eigenvalue weighted by Crippen LogP contribution is 2.35.